The molecular formula is C15H24N2. The van der Waals surface area contributed by atoms with Crippen molar-refractivity contribution in [3.05, 3.63) is 29.6 Å². The molecule has 1 aromatic heterocycles. The van der Waals surface area contributed by atoms with Gasteiger partial charge in [0.2, 0.25) is 0 Å². The molecule has 0 aliphatic carbocycles. The van der Waals surface area contributed by atoms with E-state index in [4.69, 9.17) is 0 Å². The minimum absolute atomic E-state index is 0.809. The Morgan fingerprint density at radius 3 is 2.94 bits per heavy atom. The van der Waals surface area contributed by atoms with Gasteiger partial charge in [-0.2, -0.15) is 0 Å². The maximum absolute atomic E-state index is 4.60. The van der Waals surface area contributed by atoms with Crippen LogP contribution in [0.4, 0.5) is 0 Å². The van der Waals surface area contributed by atoms with E-state index < -0.39 is 0 Å². The second kappa shape index (κ2) is 5.63. The van der Waals surface area contributed by atoms with Crippen molar-refractivity contribution in [2.75, 3.05) is 13.1 Å². The Bertz CT molecular complexity index is 360. The number of rotatable bonds is 3. The van der Waals surface area contributed by atoms with Gasteiger partial charge in [-0.25, -0.2) is 0 Å². The lowest BCUT2D eigenvalue weighted by atomic mass is 9.88. The van der Waals surface area contributed by atoms with E-state index in [9.17, 15) is 0 Å². The largest absolute Gasteiger partial charge is 0.297 e. The highest BCUT2D eigenvalue weighted by Gasteiger charge is 2.22. The van der Waals surface area contributed by atoms with Crippen LogP contribution < -0.4 is 0 Å². The third-order valence-electron chi connectivity index (χ3n) is 3.82. The topological polar surface area (TPSA) is 16.1 Å². The number of hydrogen-bond acceptors (Lipinski definition) is 2. The molecule has 2 nitrogen and oxygen atoms in total. The Morgan fingerprint density at radius 1 is 1.41 bits per heavy atom. The third kappa shape index (κ3) is 3.53. The van der Waals surface area contributed by atoms with Crippen LogP contribution in [0.15, 0.2) is 18.2 Å². The molecule has 0 saturated carbocycles. The Hall–Kier alpha value is -0.890. The number of aryl methyl sites for hydroxylation is 1. The molecule has 1 saturated heterocycles. The van der Waals surface area contributed by atoms with Gasteiger partial charge < -0.3 is 0 Å². The van der Waals surface area contributed by atoms with E-state index in [-0.39, 0.29) is 0 Å². The van der Waals surface area contributed by atoms with Crippen LogP contribution in [0.2, 0.25) is 0 Å². The van der Waals surface area contributed by atoms with E-state index in [2.05, 4.69) is 48.9 Å². The summed E-state index contributed by atoms with van der Waals surface area (Å²) in [5, 5.41) is 0. The van der Waals surface area contributed by atoms with E-state index in [1.54, 1.807) is 0 Å². The van der Waals surface area contributed by atoms with Crippen molar-refractivity contribution in [2.45, 2.75) is 40.2 Å². The van der Waals surface area contributed by atoms with Crippen LogP contribution in [0, 0.1) is 18.8 Å². The Kier molecular flexibility index (Phi) is 4.16. The van der Waals surface area contributed by atoms with Crippen molar-refractivity contribution in [3.8, 4) is 0 Å². The van der Waals surface area contributed by atoms with Crippen LogP contribution in [-0.4, -0.2) is 23.0 Å². The maximum Gasteiger partial charge on any atom is 0.0547 e. The van der Waals surface area contributed by atoms with E-state index in [1.165, 1.54) is 31.6 Å². The van der Waals surface area contributed by atoms with Crippen molar-refractivity contribution in [1.29, 1.82) is 0 Å². The molecule has 1 aromatic rings. The van der Waals surface area contributed by atoms with Gasteiger partial charge in [0.05, 0.1) is 5.69 Å². The van der Waals surface area contributed by atoms with Crippen LogP contribution in [0.25, 0.3) is 0 Å². The number of nitrogens with zero attached hydrogens (tertiary/aromatic N) is 2. The molecule has 2 heteroatoms. The quantitative estimate of drug-likeness (QED) is 0.795. The molecule has 0 radical (unpaired) electrons. The van der Waals surface area contributed by atoms with Gasteiger partial charge in [-0.3, -0.25) is 9.88 Å². The van der Waals surface area contributed by atoms with E-state index in [1.807, 2.05) is 0 Å². The fourth-order valence-corrected chi connectivity index (χ4v) is 2.70. The third-order valence-corrected chi connectivity index (χ3v) is 3.82. The summed E-state index contributed by atoms with van der Waals surface area (Å²) in [6.07, 6.45) is 2.74. The smallest absolute Gasteiger partial charge is 0.0547 e. The summed E-state index contributed by atoms with van der Waals surface area (Å²) in [5.41, 5.74) is 2.34. The molecule has 17 heavy (non-hydrogen) atoms. The van der Waals surface area contributed by atoms with Crippen molar-refractivity contribution < 1.29 is 0 Å². The fraction of sp³-hybridized carbons (Fsp3) is 0.667. The molecule has 2 rings (SSSR count). The van der Waals surface area contributed by atoms with Gasteiger partial charge in [-0.05, 0) is 50.3 Å². The zero-order chi connectivity index (χ0) is 12.3. The molecule has 2 heterocycles. The number of likely N-dealkylation sites (tertiary alicyclic amines) is 1. The molecular weight excluding hydrogens is 208 g/mol. The lowest BCUT2D eigenvalue weighted by Crippen LogP contribution is -2.37. The average Bonchev–Trinajstić information content (AvgIpc) is 2.29. The molecule has 0 unspecified atom stereocenters. The summed E-state index contributed by atoms with van der Waals surface area (Å²) >= 11 is 0. The van der Waals surface area contributed by atoms with Gasteiger partial charge in [0.1, 0.15) is 0 Å². The van der Waals surface area contributed by atoms with Gasteiger partial charge in [-0.15, -0.1) is 0 Å². The average molecular weight is 232 g/mol. The van der Waals surface area contributed by atoms with Crippen LogP contribution >= 0.6 is 0 Å². The van der Waals surface area contributed by atoms with E-state index in [0.29, 0.717) is 0 Å². The minimum atomic E-state index is 0.809. The van der Waals surface area contributed by atoms with Gasteiger partial charge in [0.25, 0.3) is 0 Å². The zero-order valence-electron chi connectivity index (χ0n) is 11.3. The first kappa shape index (κ1) is 12.6. The molecule has 0 N–H and O–H groups in total. The highest BCUT2D eigenvalue weighted by molar-refractivity contribution is 5.09. The van der Waals surface area contributed by atoms with Crippen LogP contribution in [0.3, 0.4) is 0 Å². The lowest BCUT2D eigenvalue weighted by Gasteiger charge is -2.34. The maximum atomic E-state index is 4.60. The van der Waals surface area contributed by atoms with Gasteiger partial charge in [0, 0.05) is 18.8 Å². The molecule has 1 aliphatic heterocycles. The summed E-state index contributed by atoms with van der Waals surface area (Å²) in [7, 11) is 0. The minimum Gasteiger partial charge on any atom is -0.297 e. The predicted molar refractivity (Wildman–Crippen MR) is 71.8 cm³/mol. The standard InChI is InChI=1S/C15H24N2/c1-12(2)14-7-5-9-17(10-14)11-15-8-4-6-13(3)16-15/h4,6,8,12,14H,5,7,9-11H2,1-3H3/t14-/m1/s1. The first-order valence-corrected chi connectivity index (χ1v) is 6.80. The van der Waals surface area contributed by atoms with Crippen LogP contribution in [0.1, 0.15) is 38.1 Å². The zero-order valence-corrected chi connectivity index (χ0v) is 11.3. The van der Waals surface area contributed by atoms with Crippen molar-refractivity contribution in [3.63, 3.8) is 0 Å². The van der Waals surface area contributed by atoms with Crippen LogP contribution in [-0.2, 0) is 6.54 Å². The van der Waals surface area contributed by atoms with E-state index >= 15 is 0 Å². The van der Waals surface area contributed by atoms with E-state index in [0.717, 1.165) is 24.1 Å². The normalized spacial score (nSPS) is 22.0. The molecule has 0 spiro atoms. The number of piperidine rings is 1. The SMILES string of the molecule is Cc1cccc(CN2CCC[C@@H](C(C)C)C2)n1. The number of hydrogen-bond donors (Lipinski definition) is 0. The molecule has 0 bridgehead atoms. The first-order chi connectivity index (χ1) is 8.15. The monoisotopic (exact) mass is 232 g/mol. The summed E-state index contributed by atoms with van der Waals surface area (Å²) in [5.74, 6) is 1.68. The van der Waals surface area contributed by atoms with Gasteiger partial charge in [-0.1, -0.05) is 19.9 Å². The molecule has 1 aliphatic rings. The number of aromatic nitrogens is 1. The van der Waals surface area contributed by atoms with Gasteiger partial charge >= 0.3 is 0 Å². The van der Waals surface area contributed by atoms with Crippen molar-refractivity contribution >= 4 is 0 Å². The predicted octanol–water partition coefficient (Wildman–Crippen LogP) is 3.26. The molecule has 94 valence electrons. The summed E-state index contributed by atoms with van der Waals surface area (Å²) in [6.45, 7) is 10.3. The second-order valence-corrected chi connectivity index (χ2v) is 5.65. The summed E-state index contributed by atoms with van der Waals surface area (Å²) in [4.78, 5) is 7.16. The Labute approximate surface area is 105 Å². The number of pyridine rings is 1. The molecule has 1 atom stereocenters. The Morgan fingerprint density at radius 2 is 2.24 bits per heavy atom. The molecule has 0 amide bonds. The van der Waals surface area contributed by atoms with Crippen molar-refractivity contribution in [2.24, 2.45) is 11.8 Å². The highest BCUT2D eigenvalue weighted by atomic mass is 15.1. The molecule has 1 fully saturated rings. The summed E-state index contributed by atoms with van der Waals surface area (Å²) in [6, 6.07) is 6.32. The Balaban J connectivity index is 1.94. The second-order valence-electron chi connectivity index (χ2n) is 5.65. The fourth-order valence-electron chi connectivity index (χ4n) is 2.70. The molecule has 0 aromatic carbocycles. The van der Waals surface area contributed by atoms with Crippen molar-refractivity contribution in [1.82, 2.24) is 9.88 Å². The lowest BCUT2D eigenvalue weighted by molar-refractivity contribution is 0.138. The first-order valence-electron chi connectivity index (χ1n) is 6.80. The summed E-state index contributed by atoms with van der Waals surface area (Å²) < 4.78 is 0. The van der Waals surface area contributed by atoms with Gasteiger partial charge in [0.15, 0.2) is 0 Å². The highest BCUT2D eigenvalue weighted by Crippen LogP contribution is 2.24. The van der Waals surface area contributed by atoms with Crippen LogP contribution in [0.5, 0.6) is 0 Å².